The predicted molar refractivity (Wildman–Crippen MR) is 43.8 cm³/mol. The van der Waals surface area contributed by atoms with Gasteiger partial charge in [-0.1, -0.05) is 44.0 Å². The first-order valence-electron chi connectivity index (χ1n) is 2.74. The Morgan fingerprint density at radius 3 is 1.62 bits per heavy atom. The lowest BCUT2D eigenvalue weighted by molar-refractivity contribution is 0.789. The van der Waals surface area contributed by atoms with Crippen LogP contribution in [0.15, 0.2) is 12.2 Å². The Bertz CT molecular complexity index is 86.7. The Labute approximate surface area is 66.6 Å². The van der Waals surface area contributed by atoms with Gasteiger partial charge >= 0.3 is 0 Å². The SMILES string of the molecule is Br[C@@H]1CC=CC[C@@H]1Br. The van der Waals surface area contributed by atoms with E-state index in [4.69, 9.17) is 0 Å². The van der Waals surface area contributed by atoms with E-state index in [-0.39, 0.29) is 0 Å². The van der Waals surface area contributed by atoms with E-state index in [1.54, 1.807) is 0 Å². The van der Waals surface area contributed by atoms with Gasteiger partial charge in [0.1, 0.15) is 0 Å². The average molecular weight is 240 g/mol. The highest BCUT2D eigenvalue weighted by molar-refractivity contribution is 9.12. The Morgan fingerprint density at radius 2 is 1.38 bits per heavy atom. The molecule has 2 heteroatoms. The monoisotopic (exact) mass is 238 g/mol. The van der Waals surface area contributed by atoms with Crippen molar-refractivity contribution in [2.45, 2.75) is 22.5 Å². The van der Waals surface area contributed by atoms with Gasteiger partial charge in [0.2, 0.25) is 0 Å². The van der Waals surface area contributed by atoms with Crippen LogP contribution in [0.1, 0.15) is 12.8 Å². The molecule has 1 rings (SSSR count). The summed E-state index contributed by atoms with van der Waals surface area (Å²) in [6.45, 7) is 0. The van der Waals surface area contributed by atoms with Gasteiger partial charge in [-0.15, -0.1) is 0 Å². The maximum atomic E-state index is 3.56. The third-order valence-electron chi connectivity index (χ3n) is 1.28. The molecular weight excluding hydrogens is 232 g/mol. The number of allylic oxidation sites excluding steroid dienone is 2. The minimum absolute atomic E-state index is 0.646. The molecule has 0 aromatic carbocycles. The summed E-state index contributed by atoms with van der Waals surface area (Å²) in [6, 6.07) is 0. The molecule has 0 spiro atoms. The smallest absolute Gasteiger partial charge is 0.0308 e. The van der Waals surface area contributed by atoms with E-state index in [9.17, 15) is 0 Å². The molecule has 0 radical (unpaired) electrons. The first-order chi connectivity index (χ1) is 3.80. The molecule has 2 atom stereocenters. The van der Waals surface area contributed by atoms with Crippen LogP contribution in [0, 0.1) is 0 Å². The molecule has 0 fully saturated rings. The number of alkyl halides is 2. The number of rotatable bonds is 0. The van der Waals surface area contributed by atoms with E-state index in [0.29, 0.717) is 9.65 Å². The second-order valence-corrected chi connectivity index (χ2v) is 4.33. The first kappa shape index (κ1) is 6.81. The van der Waals surface area contributed by atoms with Crippen molar-refractivity contribution in [3.63, 3.8) is 0 Å². The molecule has 8 heavy (non-hydrogen) atoms. The van der Waals surface area contributed by atoms with E-state index in [0.717, 1.165) is 12.8 Å². The quantitative estimate of drug-likeness (QED) is 0.451. The molecular formula is C6H8Br2. The van der Waals surface area contributed by atoms with Crippen molar-refractivity contribution in [3.8, 4) is 0 Å². The van der Waals surface area contributed by atoms with Crippen LogP contribution in [0.4, 0.5) is 0 Å². The van der Waals surface area contributed by atoms with Gasteiger partial charge in [0.15, 0.2) is 0 Å². The van der Waals surface area contributed by atoms with Crippen LogP contribution in [0.5, 0.6) is 0 Å². The van der Waals surface area contributed by atoms with Crippen LogP contribution < -0.4 is 0 Å². The van der Waals surface area contributed by atoms with E-state index < -0.39 is 0 Å². The van der Waals surface area contributed by atoms with Gasteiger partial charge < -0.3 is 0 Å². The van der Waals surface area contributed by atoms with Crippen molar-refractivity contribution in [2.24, 2.45) is 0 Å². The molecule has 0 bridgehead atoms. The number of hydrogen-bond donors (Lipinski definition) is 0. The molecule has 1 aliphatic rings. The van der Waals surface area contributed by atoms with Gasteiger partial charge in [0.05, 0.1) is 0 Å². The fourth-order valence-corrected chi connectivity index (χ4v) is 1.61. The van der Waals surface area contributed by atoms with Gasteiger partial charge in [0.25, 0.3) is 0 Å². The standard InChI is InChI=1S/C6H8Br2/c7-5-3-1-2-4-6(5)8/h1-2,5-6H,3-4H2/t5-,6+. The molecule has 0 nitrogen and oxygen atoms in total. The predicted octanol–water partition coefficient (Wildman–Crippen LogP) is 2.86. The van der Waals surface area contributed by atoms with Crippen molar-refractivity contribution >= 4 is 31.9 Å². The lowest BCUT2D eigenvalue weighted by Crippen LogP contribution is -2.14. The molecule has 0 saturated heterocycles. The zero-order valence-corrected chi connectivity index (χ0v) is 7.65. The molecule has 0 aliphatic heterocycles. The number of hydrogen-bond acceptors (Lipinski definition) is 0. The zero-order valence-electron chi connectivity index (χ0n) is 4.48. The minimum atomic E-state index is 0.646. The topological polar surface area (TPSA) is 0 Å². The third-order valence-corrected chi connectivity index (χ3v) is 4.02. The second-order valence-electron chi connectivity index (χ2n) is 1.97. The summed E-state index contributed by atoms with van der Waals surface area (Å²) in [5, 5.41) is 0. The molecule has 1 aliphatic carbocycles. The molecule has 0 N–H and O–H groups in total. The Balaban J connectivity index is 2.44. The van der Waals surface area contributed by atoms with Crippen molar-refractivity contribution in [3.05, 3.63) is 12.2 Å². The lowest BCUT2D eigenvalue weighted by atomic mass is 10.1. The van der Waals surface area contributed by atoms with Crippen molar-refractivity contribution in [1.29, 1.82) is 0 Å². The summed E-state index contributed by atoms with van der Waals surface area (Å²) in [6.07, 6.45) is 6.76. The van der Waals surface area contributed by atoms with E-state index in [2.05, 4.69) is 44.0 Å². The highest BCUT2D eigenvalue weighted by Gasteiger charge is 2.15. The molecule has 0 unspecified atom stereocenters. The summed E-state index contributed by atoms with van der Waals surface area (Å²) >= 11 is 7.11. The van der Waals surface area contributed by atoms with Gasteiger partial charge in [-0.25, -0.2) is 0 Å². The maximum absolute atomic E-state index is 3.56. The Morgan fingerprint density at radius 1 is 1.00 bits per heavy atom. The summed E-state index contributed by atoms with van der Waals surface area (Å²) < 4.78 is 0. The van der Waals surface area contributed by atoms with Crippen LogP contribution in [-0.2, 0) is 0 Å². The van der Waals surface area contributed by atoms with Crippen LogP contribution >= 0.6 is 31.9 Å². The highest BCUT2D eigenvalue weighted by atomic mass is 79.9. The van der Waals surface area contributed by atoms with Crippen molar-refractivity contribution in [2.75, 3.05) is 0 Å². The normalized spacial score (nSPS) is 37.8. The fraction of sp³-hybridized carbons (Fsp3) is 0.667. The Hall–Kier alpha value is 0.700. The molecule has 0 aromatic heterocycles. The maximum Gasteiger partial charge on any atom is 0.0308 e. The van der Waals surface area contributed by atoms with Gasteiger partial charge in [-0.3, -0.25) is 0 Å². The van der Waals surface area contributed by atoms with Crippen LogP contribution in [-0.4, -0.2) is 9.65 Å². The van der Waals surface area contributed by atoms with Crippen LogP contribution in [0.2, 0.25) is 0 Å². The molecule has 0 amide bonds. The van der Waals surface area contributed by atoms with Crippen molar-refractivity contribution < 1.29 is 0 Å². The number of halogens is 2. The van der Waals surface area contributed by atoms with Gasteiger partial charge in [-0.05, 0) is 12.8 Å². The molecule has 46 valence electrons. The van der Waals surface area contributed by atoms with Crippen LogP contribution in [0.25, 0.3) is 0 Å². The van der Waals surface area contributed by atoms with E-state index in [1.807, 2.05) is 0 Å². The van der Waals surface area contributed by atoms with E-state index in [1.165, 1.54) is 0 Å². The minimum Gasteiger partial charge on any atom is -0.0875 e. The fourth-order valence-electron chi connectivity index (χ4n) is 0.748. The van der Waals surface area contributed by atoms with Crippen LogP contribution in [0.3, 0.4) is 0 Å². The van der Waals surface area contributed by atoms with E-state index >= 15 is 0 Å². The van der Waals surface area contributed by atoms with Crippen molar-refractivity contribution in [1.82, 2.24) is 0 Å². The summed E-state index contributed by atoms with van der Waals surface area (Å²) in [7, 11) is 0. The zero-order chi connectivity index (χ0) is 5.98. The van der Waals surface area contributed by atoms with Gasteiger partial charge in [-0.2, -0.15) is 0 Å². The summed E-state index contributed by atoms with van der Waals surface area (Å²) in [5.41, 5.74) is 0. The summed E-state index contributed by atoms with van der Waals surface area (Å²) in [5.74, 6) is 0. The first-order valence-corrected chi connectivity index (χ1v) is 4.57. The average Bonchev–Trinajstić information content (AvgIpc) is 1.77. The lowest BCUT2D eigenvalue weighted by Gasteiger charge is -2.16. The second kappa shape index (κ2) is 3.02. The molecule has 0 saturated carbocycles. The highest BCUT2D eigenvalue weighted by Crippen LogP contribution is 2.25. The molecule has 0 aromatic rings. The Kier molecular flexibility index (Phi) is 2.57. The third kappa shape index (κ3) is 1.59. The van der Waals surface area contributed by atoms with Gasteiger partial charge in [0, 0.05) is 9.65 Å². The largest absolute Gasteiger partial charge is 0.0875 e. The summed E-state index contributed by atoms with van der Waals surface area (Å²) in [4.78, 5) is 1.29. The molecule has 0 heterocycles.